The molecule has 2 aromatic heterocycles. The van der Waals surface area contributed by atoms with Crippen LogP contribution in [0.5, 0.6) is 0 Å². The van der Waals surface area contributed by atoms with Crippen LogP contribution in [0.1, 0.15) is 25.6 Å². The molecule has 0 saturated carbocycles. The van der Waals surface area contributed by atoms with Crippen molar-refractivity contribution in [1.29, 1.82) is 0 Å². The van der Waals surface area contributed by atoms with Gasteiger partial charge in [-0.2, -0.15) is 0 Å². The van der Waals surface area contributed by atoms with Gasteiger partial charge in [0.05, 0.1) is 0 Å². The first-order chi connectivity index (χ1) is 8.00. The lowest BCUT2D eigenvalue weighted by atomic mass is 10.2. The molecule has 0 aromatic carbocycles. The Morgan fingerprint density at radius 1 is 1.35 bits per heavy atom. The molecule has 0 spiro atoms. The van der Waals surface area contributed by atoms with Gasteiger partial charge in [0.1, 0.15) is 17.3 Å². The molecule has 2 N–H and O–H groups in total. The molecule has 0 aliphatic carbocycles. The molecule has 0 aliphatic rings. The summed E-state index contributed by atoms with van der Waals surface area (Å²) in [4.78, 5) is 8.73. The quantitative estimate of drug-likeness (QED) is 0.926. The average Bonchev–Trinajstić information content (AvgIpc) is 2.56. The number of halogens is 1. The van der Waals surface area contributed by atoms with Gasteiger partial charge >= 0.3 is 0 Å². The Bertz CT molecular complexity index is 545. The van der Waals surface area contributed by atoms with E-state index in [0.717, 1.165) is 21.6 Å². The van der Waals surface area contributed by atoms with Gasteiger partial charge in [-0.3, -0.25) is 4.98 Å². The smallest absolute Gasteiger partial charge is 0.131 e. The van der Waals surface area contributed by atoms with E-state index in [2.05, 4.69) is 39.7 Å². The predicted octanol–water partition coefficient (Wildman–Crippen LogP) is 2.95. The van der Waals surface area contributed by atoms with E-state index in [-0.39, 0.29) is 0 Å². The Balaban J connectivity index is 2.57. The Kier molecular flexibility index (Phi) is 3.19. The second-order valence-corrected chi connectivity index (χ2v) is 5.23. The maximum atomic E-state index is 6.08. The van der Waals surface area contributed by atoms with Crippen molar-refractivity contribution < 1.29 is 0 Å². The van der Waals surface area contributed by atoms with Crippen molar-refractivity contribution in [2.75, 3.05) is 5.73 Å². The summed E-state index contributed by atoms with van der Waals surface area (Å²) in [5.41, 5.74) is 7.81. The highest BCUT2D eigenvalue weighted by Crippen LogP contribution is 2.29. The fourth-order valence-corrected chi connectivity index (χ4v) is 2.16. The number of rotatable bonds is 2. The van der Waals surface area contributed by atoms with Gasteiger partial charge in [0.15, 0.2) is 0 Å². The highest BCUT2D eigenvalue weighted by Gasteiger charge is 2.16. The van der Waals surface area contributed by atoms with E-state index in [9.17, 15) is 0 Å². The zero-order valence-electron chi connectivity index (χ0n) is 10.1. The number of imidazole rings is 1. The molecule has 0 amide bonds. The molecule has 0 aliphatic heterocycles. The number of nitrogen functional groups attached to an aromatic ring is 1. The van der Waals surface area contributed by atoms with Gasteiger partial charge in [-0.25, -0.2) is 4.98 Å². The van der Waals surface area contributed by atoms with E-state index in [0.29, 0.717) is 11.7 Å². The fraction of sp³-hybridized carbons (Fsp3) is 0.333. The molecular weight excluding hydrogens is 280 g/mol. The van der Waals surface area contributed by atoms with Crippen LogP contribution in [0, 0.1) is 0 Å². The number of nitrogens with zero attached hydrogens (tertiary/aromatic N) is 3. The predicted molar refractivity (Wildman–Crippen MR) is 72.6 cm³/mol. The number of anilines is 1. The minimum Gasteiger partial charge on any atom is -0.383 e. The summed E-state index contributed by atoms with van der Waals surface area (Å²) >= 11 is 3.40. The third-order valence-electron chi connectivity index (χ3n) is 2.67. The van der Waals surface area contributed by atoms with Crippen LogP contribution in [0.25, 0.3) is 11.3 Å². The van der Waals surface area contributed by atoms with Crippen LogP contribution in [-0.4, -0.2) is 14.5 Å². The van der Waals surface area contributed by atoms with Crippen LogP contribution in [0.2, 0.25) is 0 Å². The average molecular weight is 295 g/mol. The van der Waals surface area contributed by atoms with Crippen molar-refractivity contribution in [1.82, 2.24) is 14.5 Å². The largest absolute Gasteiger partial charge is 0.383 e. The van der Waals surface area contributed by atoms with E-state index in [1.807, 2.05) is 17.7 Å². The van der Waals surface area contributed by atoms with E-state index in [1.165, 1.54) is 0 Å². The number of nitrogens with two attached hydrogens (primary N) is 1. The second-order valence-electron chi connectivity index (χ2n) is 4.31. The molecule has 2 heterocycles. The van der Waals surface area contributed by atoms with Crippen LogP contribution >= 0.6 is 15.9 Å². The van der Waals surface area contributed by atoms with Crippen molar-refractivity contribution in [2.45, 2.75) is 19.8 Å². The summed E-state index contributed by atoms with van der Waals surface area (Å²) in [6.45, 7) is 4.20. The first-order valence-corrected chi connectivity index (χ1v) is 6.23. The van der Waals surface area contributed by atoms with Gasteiger partial charge in [-0.15, -0.1) is 0 Å². The molecule has 0 radical (unpaired) electrons. The Hall–Kier alpha value is -1.36. The van der Waals surface area contributed by atoms with Gasteiger partial charge < -0.3 is 10.3 Å². The Morgan fingerprint density at radius 3 is 2.59 bits per heavy atom. The summed E-state index contributed by atoms with van der Waals surface area (Å²) < 4.78 is 2.85. The lowest BCUT2D eigenvalue weighted by molar-refractivity contribution is 0.715. The summed E-state index contributed by atoms with van der Waals surface area (Å²) in [6, 6.07) is 1.97. The zero-order valence-corrected chi connectivity index (χ0v) is 11.7. The van der Waals surface area contributed by atoms with Crippen molar-refractivity contribution in [3.63, 3.8) is 0 Å². The normalized spacial score (nSPS) is 11.1. The SMILES string of the molecule is CC(C)c1nc(-c2cncc(Br)c2)c(N)n1C. The minimum absolute atomic E-state index is 0.344. The molecule has 17 heavy (non-hydrogen) atoms. The number of aromatic nitrogens is 3. The standard InChI is InChI=1S/C12H15BrN4/c1-7(2)12-16-10(11(14)17(12)3)8-4-9(13)6-15-5-8/h4-7H,14H2,1-3H3. The van der Waals surface area contributed by atoms with Crippen molar-refractivity contribution in [3.8, 4) is 11.3 Å². The summed E-state index contributed by atoms with van der Waals surface area (Å²) in [5.74, 6) is 2.00. The second kappa shape index (κ2) is 4.49. The maximum absolute atomic E-state index is 6.08. The van der Waals surface area contributed by atoms with E-state index >= 15 is 0 Å². The Morgan fingerprint density at radius 2 is 2.06 bits per heavy atom. The highest BCUT2D eigenvalue weighted by atomic mass is 79.9. The molecule has 5 heteroatoms. The van der Waals surface area contributed by atoms with Crippen LogP contribution in [0.4, 0.5) is 5.82 Å². The van der Waals surface area contributed by atoms with Gasteiger partial charge in [0, 0.05) is 35.4 Å². The number of pyridine rings is 1. The molecule has 2 rings (SSSR count). The van der Waals surface area contributed by atoms with Gasteiger partial charge in [-0.05, 0) is 22.0 Å². The highest BCUT2D eigenvalue weighted by molar-refractivity contribution is 9.10. The Labute approximate surface area is 109 Å². The topological polar surface area (TPSA) is 56.7 Å². The van der Waals surface area contributed by atoms with Crippen LogP contribution < -0.4 is 5.73 Å². The van der Waals surface area contributed by atoms with E-state index < -0.39 is 0 Å². The molecule has 0 bridgehead atoms. The monoisotopic (exact) mass is 294 g/mol. The van der Waals surface area contributed by atoms with Gasteiger partial charge in [0.25, 0.3) is 0 Å². The number of hydrogen-bond acceptors (Lipinski definition) is 3. The first-order valence-electron chi connectivity index (χ1n) is 5.43. The maximum Gasteiger partial charge on any atom is 0.131 e. The zero-order chi connectivity index (χ0) is 12.6. The van der Waals surface area contributed by atoms with Crippen LogP contribution in [-0.2, 0) is 7.05 Å². The third-order valence-corrected chi connectivity index (χ3v) is 3.10. The third kappa shape index (κ3) is 2.20. The summed E-state index contributed by atoms with van der Waals surface area (Å²) in [6.07, 6.45) is 3.51. The summed E-state index contributed by atoms with van der Waals surface area (Å²) in [7, 11) is 1.94. The van der Waals surface area contributed by atoms with Gasteiger partial charge in [-0.1, -0.05) is 13.8 Å². The van der Waals surface area contributed by atoms with Crippen molar-refractivity contribution in [3.05, 3.63) is 28.8 Å². The lowest BCUT2D eigenvalue weighted by Crippen LogP contribution is -2.02. The molecular formula is C12H15BrN4. The minimum atomic E-state index is 0.344. The summed E-state index contributed by atoms with van der Waals surface area (Å²) in [5, 5.41) is 0. The molecule has 0 unspecified atom stereocenters. The van der Waals surface area contributed by atoms with Crippen LogP contribution in [0.3, 0.4) is 0 Å². The van der Waals surface area contributed by atoms with Gasteiger partial charge in [0.2, 0.25) is 0 Å². The molecule has 2 aromatic rings. The van der Waals surface area contributed by atoms with E-state index in [1.54, 1.807) is 12.4 Å². The number of hydrogen-bond donors (Lipinski definition) is 1. The molecule has 4 nitrogen and oxygen atoms in total. The molecule has 0 atom stereocenters. The molecule has 0 fully saturated rings. The van der Waals surface area contributed by atoms with Crippen molar-refractivity contribution in [2.24, 2.45) is 7.05 Å². The lowest BCUT2D eigenvalue weighted by Gasteiger charge is -2.04. The molecule has 90 valence electrons. The van der Waals surface area contributed by atoms with E-state index in [4.69, 9.17) is 5.73 Å². The first kappa shape index (κ1) is 12.1. The fourth-order valence-electron chi connectivity index (χ4n) is 1.80. The molecule has 0 saturated heterocycles. The van der Waals surface area contributed by atoms with Crippen molar-refractivity contribution >= 4 is 21.7 Å². The van der Waals surface area contributed by atoms with Crippen LogP contribution in [0.15, 0.2) is 22.9 Å².